The molecule has 1 aliphatic heterocycles. The maximum Gasteiger partial charge on any atom is 0.328 e. The molecular weight excluding hydrogens is 216 g/mol. The molecule has 1 amide bonds. The summed E-state index contributed by atoms with van der Waals surface area (Å²) in [6.45, 7) is 0.604. The van der Waals surface area contributed by atoms with E-state index < -0.39 is 24.0 Å². The molecule has 1 saturated heterocycles. The number of morpholine rings is 1. The van der Waals surface area contributed by atoms with Crippen molar-refractivity contribution < 1.29 is 24.2 Å². The summed E-state index contributed by atoms with van der Waals surface area (Å²) in [5.74, 6) is -1.49. The minimum absolute atomic E-state index is 0.00206. The lowest BCUT2D eigenvalue weighted by molar-refractivity contribution is -0.163. The van der Waals surface area contributed by atoms with Crippen molar-refractivity contribution in [3.63, 3.8) is 0 Å². The van der Waals surface area contributed by atoms with Crippen LogP contribution < -0.4 is 5.73 Å². The normalized spacial score (nSPS) is 22.9. The molecule has 0 aromatic heterocycles. The summed E-state index contributed by atoms with van der Waals surface area (Å²) < 4.78 is 9.92. The Bertz CT molecular complexity index is 267. The molecule has 0 spiro atoms. The summed E-state index contributed by atoms with van der Waals surface area (Å²) in [4.78, 5) is 24.0. The molecule has 0 aromatic rings. The molecule has 0 aromatic carbocycles. The van der Waals surface area contributed by atoms with Gasteiger partial charge in [-0.15, -0.1) is 0 Å². The fourth-order valence-corrected chi connectivity index (χ4v) is 1.55. The molecule has 1 heterocycles. The molecule has 0 aliphatic carbocycles. The number of carbonyl (C=O) groups is 2. The van der Waals surface area contributed by atoms with E-state index in [9.17, 15) is 9.59 Å². The number of carboxylic acids is 1. The van der Waals surface area contributed by atoms with E-state index in [0.717, 1.165) is 0 Å². The first-order chi connectivity index (χ1) is 7.61. The Morgan fingerprint density at radius 3 is 2.88 bits per heavy atom. The van der Waals surface area contributed by atoms with E-state index in [-0.39, 0.29) is 19.7 Å². The largest absolute Gasteiger partial charge is 0.480 e. The highest BCUT2D eigenvalue weighted by Crippen LogP contribution is 2.10. The molecule has 1 rings (SSSR count). The van der Waals surface area contributed by atoms with E-state index in [1.807, 2.05) is 0 Å². The molecule has 16 heavy (non-hydrogen) atoms. The highest BCUT2D eigenvalue weighted by molar-refractivity contribution is 5.86. The van der Waals surface area contributed by atoms with Crippen LogP contribution in [-0.2, 0) is 19.1 Å². The van der Waals surface area contributed by atoms with Crippen molar-refractivity contribution in [1.82, 2.24) is 4.90 Å². The van der Waals surface area contributed by atoms with Crippen LogP contribution in [0.25, 0.3) is 0 Å². The molecule has 1 aliphatic rings. The van der Waals surface area contributed by atoms with Crippen LogP contribution in [0.15, 0.2) is 0 Å². The Morgan fingerprint density at radius 2 is 2.38 bits per heavy atom. The van der Waals surface area contributed by atoms with Crippen molar-refractivity contribution in [3.8, 4) is 0 Å². The second-order valence-electron chi connectivity index (χ2n) is 3.42. The third-order valence-electron chi connectivity index (χ3n) is 2.47. The van der Waals surface area contributed by atoms with E-state index in [1.54, 1.807) is 0 Å². The van der Waals surface area contributed by atoms with Crippen molar-refractivity contribution in [2.75, 3.05) is 33.4 Å². The van der Waals surface area contributed by atoms with Crippen LogP contribution in [0.2, 0.25) is 0 Å². The van der Waals surface area contributed by atoms with Gasteiger partial charge in [0.2, 0.25) is 0 Å². The minimum atomic E-state index is -1.08. The molecule has 0 saturated carbocycles. The van der Waals surface area contributed by atoms with Gasteiger partial charge in [0.25, 0.3) is 5.91 Å². The predicted molar refractivity (Wildman–Crippen MR) is 53.8 cm³/mol. The highest BCUT2D eigenvalue weighted by atomic mass is 16.5. The number of nitrogens with two attached hydrogens (primary N) is 1. The quantitative estimate of drug-likeness (QED) is 0.597. The Hall–Kier alpha value is -1.18. The SMILES string of the molecule is COC(CN)C(=O)N1CCOCC1C(=O)O. The third kappa shape index (κ3) is 2.69. The number of rotatable bonds is 4. The van der Waals surface area contributed by atoms with Crippen LogP contribution in [0.5, 0.6) is 0 Å². The second kappa shape index (κ2) is 5.78. The summed E-state index contributed by atoms with van der Waals surface area (Å²) in [5.41, 5.74) is 5.36. The van der Waals surface area contributed by atoms with Crippen LogP contribution in [-0.4, -0.2) is 67.4 Å². The number of carboxylic acid groups (broad SMARTS) is 1. The van der Waals surface area contributed by atoms with Gasteiger partial charge < -0.3 is 25.2 Å². The molecule has 7 nitrogen and oxygen atoms in total. The van der Waals surface area contributed by atoms with Crippen molar-refractivity contribution in [2.24, 2.45) is 5.73 Å². The fraction of sp³-hybridized carbons (Fsp3) is 0.778. The van der Waals surface area contributed by atoms with E-state index in [0.29, 0.717) is 6.61 Å². The number of methoxy groups -OCH3 is 1. The summed E-state index contributed by atoms with van der Waals surface area (Å²) in [6.07, 6.45) is -0.792. The van der Waals surface area contributed by atoms with E-state index in [4.69, 9.17) is 20.3 Å². The first-order valence-electron chi connectivity index (χ1n) is 4.95. The van der Waals surface area contributed by atoms with Gasteiger partial charge in [0, 0.05) is 20.2 Å². The molecular formula is C9H16N2O5. The van der Waals surface area contributed by atoms with Gasteiger partial charge in [-0.1, -0.05) is 0 Å². The van der Waals surface area contributed by atoms with Crippen LogP contribution in [0.3, 0.4) is 0 Å². The lowest BCUT2D eigenvalue weighted by atomic mass is 10.2. The third-order valence-corrected chi connectivity index (χ3v) is 2.47. The first-order valence-corrected chi connectivity index (χ1v) is 4.95. The zero-order valence-electron chi connectivity index (χ0n) is 9.09. The van der Waals surface area contributed by atoms with Gasteiger partial charge in [-0.25, -0.2) is 4.79 Å². The van der Waals surface area contributed by atoms with Crippen LogP contribution in [0.1, 0.15) is 0 Å². The van der Waals surface area contributed by atoms with Crippen LogP contribution >= 0.6 is 0 Å². The summed E-state index contributed by atoms with van der Waals surface area (Å²) in [7, 11) is 1.37. The van der Waals surface area contributed by atoms with Gasteiger partial charge in [-0.2, -0.15) is 0 Å². The number of ether oxygens (including phenoxy) is 2. The number of carbonyl (C=O) groups excluding carboxylic acids is 1. The Balaban J connectivity index is 2.74. The second-order valence-corrected chi connectivity index (χ2v) is 3.42. The average Bonchev–Trinajstić information content (AvgIpc) is 2.30. The Kier molecular flexibility index (Phi) is 4.66. The monoisotopic (exact) mass is 232 g/mol. The van der Waals surface area contributed by atoms with Crippen molar-refractivity contribution >= 4 is 11.9 Å². The molecule has 2 atom stereocenters. The van der Waals surface area contributed by atoms with Crippen LogP contribution in [0.4, 0.5) is 0 Å². The van der Waals surface area contributed by atoms with Gasteiger partial charge in [0.05, 0.1) is 13.2 Å². The van der Waals surface area contributed by atoms with E-state index >= 15 is 0 Å². The molecule has 0 radical (unpaired) electrons. The van der Waals surface area contributed by atoms with Crippen molar-refractivity contribution in [2.45, 2.75) is 12.1 Å². The summed E-state index contributed by atoms with van der Waals surface area (Å²) >= 11 is 0. The highest BCUT2D eigenvalue weighted by Gasteiger charge is 2.35. The molecule has 2 unspecified atom stereocenters. The fourth-order valence-electron chi connectivity index (χ4n) is 1.55. The van der Waals surface area contributed by atoms with Gasteiger partial charge in [0.15, 0.2) is 6.04 Å². The van der Waals surface area contributed by atoms with Gasteiger partial charge >= 0.3 is 5.97 Å². The zero-order valence-corrected chi connectivity index (χ0v) is 9.09. The standard InChI is InChI=1S/C9H16N2O5/c1-15-7(4-10)8(12)11-2-3-16-5-6(11)9(13)14/h6-7H,2-5,10H2,1H3,(H,13,14). The minimum Gasteiger partial charge on any atom is -0.480 e. The molecule has 0 bridgehead atoms. The number of aliphatic carboxylic acids is 1. The first kappa shape index (κ1) is 12.9. The van der Waals surface area contributed by atoms with E-state index in [2.05, 4.69) is 0 Å². The van der Waals surface area contributed by atoms with E-state index in [1.165, 1.54) is 12.0 Å². The maximum absolute atomic E-state index is 11.9. The lowest BCUT2D eigenvalue weighted by Gasteiger charge is -2.34. The Labute approximate surface area is 93.1 Å². The van der Waals surface area contributed by atoms with Crippen molar-refractivity contribution in [3.05, 3.63) is 0 Å². The van der Waals surface area contributed by atoms with Gasteiger partial charge in [-0.3, -0.25) is 4.79 Å². The molecule has 1 fully saturated rings. The molecule has 7 heteroatoms. The van der Waals surface area contributed by atoms with Crippen LogP contribution in [0, 0.1) is 0 Å². The zero-order chi connectivity index (χ0) is 12.1. The summed E-state index contributed by atoms with van der Waals surface area (Å²) in [6, 6.07) is -0.953. The van der Waals surface area contributed by atoms with Gasteiger partial charge in [0.1, 0.15) is 6.10 Å². The van der Waals surface area contributed by atoms with Crippen molar-refractivity contribution in [1.29, 1.82) is 0 Å². The Morgan fingerprint density at radius 1 is 1.69 bits per heavy atom. The number of hydrogen-bond donors (Lipinski definition) is 2. The smallest absolute Gasteiger partial charge is 0.328 e. The molecule has 3 N–H and O–H groups in total. The topological polar surface area (TPSA) is 102 Å². The number of nitrogens with zero attached hydrogens (tertiary/aromatic N) is 1. The lowest BCUT2D eigenvalue weighted by Crippen LogP contribution is -2.56. The molecule has 92 valence electrons. The summed E-state index contributed by atoms with van der Waals surface area (Å²) in [5, 5.41) is 8.94. The number of amides is 1. The number of hydrogen-bond acceptors (Lipinski definition) is 5. The average molecular weight is 232 g/mol. The van der Waals surface area contributed by atoms with Gasteiger partial charge in [-0.05, 0) is 0 Å². The maximum atomic E-state index is 11.9. The predicted octanol–water partition coefficient (Wildman–Crippen LogP) is -1.73.